The van der Waals surface area contributed by atoms with Crippen LogP contribution in [0.1, 0.15) is 23.5 Å². The van der Waals surface area contributed by atoms with E-state index in [1.54, 1.807) is 17.4 Å². The van der Waals surface area contributed by atoms with Gasteiger partial charge in [-0.25, -0.2) is 15.0 Å². The Hall–Kier alpha value is -2.19. The zero-order valence-electron chi connectivity index (χ0n) is 14.0. The average molecular weight is 374 g/mol. The molecule has 0 bridgehead atoms. The predicted octanol–water partition coefficient (Wildman–Crippen LogP) is 2.99. The third kappa shape index (κ3) is 4.67. The van der Waals surface area contributed by atoms with Crippen molar-refractivity contribution in [1.82, 2.24) is 20.3 Å². The zero-order valence-corrected chi connectivity index (χ0v) is 15.7. The Bertz CT molecular complexity index is 842. The highest BCUT2D eigenvalue weighted by Crippen LogP contribution is 2.26. The molecule has 2 aromatic heterocycles. The summed E-state index contributed by atoms with van der Waals surface area (Å²) < 4.78 is 1.17. The van der Waals surface area contributed by atoms with Crippen molar-refractivity contribution in [3.8, 4) is 0 Å². The van der Waals surface area contributed by atoms with Crippen LogP contribution in [0.2, 0.25) is 0 Å². The minimum atomic E-state index is -0.0540. The Morgan fingerprint density at radius 3 is 2.88 bits per heavy atom. The molecule has 0 aliphatic heterocycles. The van der Waals surface area contributed by atoms with Crippen molar-refractivity contribution in [3.63, 3.8) is 0 Å². The number of anilines is 1. The molecule has 2 heterocycles. The van der Waals surface area contributed by atoms with Gasteiger partial charge in [0.25, 0.3) is 0 Å². The summed E-state index contributed by atoms with van der Waals surface area (Å²) >= 11 is 2.95. The molecule has 130 valence electrons. The number of carbonyl (C=O) groups is 1. The molecule has 0 radical (unpaired) electrons. The van der Waals surface area contributed by atoms with Crippen LogP contribution in [0.15, 0.2) is 35.5 Å². The van der Waals surface area contributed by atoms with Gasteiger partial charge in [0.15, 0.2) is 5.16 Å². The van der Waals surface area contributed by atoms with Gasteiger partial charge in [-0.1, -0.05) is 30.8 Å². The number of benzene rings is 1. The summed E-state index contributed by atoms with van der Waals surface area (Å²) in [6, 6.07) is 9.75. The van der Waals surface area contributed by atoms with Crippen LogP contribution in [0.5, 0.6) is 0 Å². The number of nitrogens with zero attached hydrogens (tertiary/aromatic N) is 3. The maximum absolute atomic E-state index is 12.1. The van der Waals surface area contributed by atoms with Crippen LogP contribution >= 0.6 is 23.1 Å². The molecular weight excluding hydrogens is 354 g/mol. The van der Waals surface area contributed by atoms with Crippen molar-refractivity contribution in [2.75, 3.05) is 18.0 Å². The Labute approximate surface area is 154 Å². The van der Waals surface area contributed by atoms with Gasteiger partial charge in [-0.3, -0.25) is 4.79 Å². The number of nitrogen functional groups attached to an aromatic ring is 1. The van der Waals surface area contributed by atoms with E-state index in [0.29, 0.717) is 17.5 Å². The van der Waals surface area contributed by atoms with Crippen molar-refractivity contribution in [3.05, 3.63) is 41.0 Å². The van der Waals surface area contributed by atoms with Gasteiger partial charge in [0, 0.05) is 24.2 Å². The van der Waals surface area contributed by atoms with Crippen LogP contribution < -0.4 is 11.1 Å². The number of nitrogens with two attached hydrogens (primary N) is 1. The minimum Gasteiger partial charge on any atom is -0.384 e. The Morgan fingerprint density at radius 2 is 2.12 bits per heavy atom. The number of carbonyl (C=O) groups excluding carboxylic acids is 1. The largest absolute Gasteiger partial charge is 0.384 e. The number of fused-ring (bicyclic) bond motifs is 1. The summed E-state index contributed by atoms with van der Waals surface area (Å²) in [6.07, 6.45) is 0. The summed E-state index contributed by atoms with van der Waals surface area (Å²) in [6.45, 7) is 4.47. The zero-order chi connectivity index (χ0) is 17.8. The number of aromatic nitrogens is 3. The second kappa shape index (κ2) is 7.79. The van der Waals surface area contributed by atoms with Gasteiger partial charge in [-0.2, -0.15) is 0 Å². The fraction of sp³-hybridized carbons (Fsp3) is 0.294. The lowest BCUT2D eigenvalue weighted by Gasteiger charge is -2.10. The summed E-state index contributed by atoms with van der Waals surface area (Å²) in [5.74, 6) is 0.786. The predicted molar refractivity (Wildman–Crippen MR) is 103 cm³/mol. The van der Waals surface area contributed by atoms with Crippen molar-refractivity contribution >= 4 is 45.0 Å². The van der Waals surface area contributed by atoms with E-state index < -0.39 is 0 Å². The maximum Gasteiger partial charge on any atom is 0.230 e. The second-order valence-electron chi connectivity index (χ2n) is 5.73. The van der Waals surface area contributed by atoms with E-state index in [-0.39, 0.29) is 17.6 Å². The second-order valence-corrected chi connectivity index (χ2v) is 7.74. The highest BCUT2D eigenvalue weighted by atomic mass is 32.2. The molecule has 1 aromatic carbocycles. The number of aryl methyl sites for hydroxylation is 1. The molecule has 1 unspecified atom stereocenters. The van der Waals surface area contributed by atoms with Crippen molar-refractivity contribution in [2.24, 2.45) is 0 Å². The number of hydrogen-bond acceptors (Lipinski definition) is 7. The molecule has 25 heavy (non-hydrogen) atoms. The number of para-hydroxylation sites is 1. The molecule has 0 saturated carbocycles. The van der Waals surface area contributed by atoms with Gasteiger partial charge in [-0.15, -0.1) is 11.3 Å². The third-order valence-electron chi connectivity index (χ3n) is 3.52. The van der Waals surface area contributed by atoms with Gasteiger partial charge in [0.1, 0.15) is 5.82 Å². The Morgan fingerprint density at radius 1 is 1.32 bits per heavy atom. The molecule has 1 amide bonds. The number of nitrogens with one attached hydrogen (secondary N) is 1. The van der Waals surface area contributed by atoms with Crippen LogP contribution in [0, 0.1) is 6.92 Å². The number of amides is 1. The highest BCUT2D eigenvalue weighted by Gasteiger charge is 2.13. The Kier molecular flexibility index (Phi) is 5.50. The summed E-state index contributed by atoms with van der Waals surface area (Å²) in [5.41, 5.74) is 7.49. The van der Waals surface area contributed by atoms with Crippen LogP contribution in [-0.2, 0) is 4.79 Å². The monoisotopic (exact) mass is 373 g/mol. The fourth-order valence-electron chi connectivity index (χ4n) is 2.27. The third-order valence-corrected chi connectivity index (χ3v) is 5.64. The maximum atomic E-state index is 12.1. The average Bonchev–Trinajstić information content (AvgIpc) is 3.01. The van der Waals surface area contributed by atoms with Gasteiger partial charge < -0.3 is 11.1 Å². The van der Waals surface area contributed by atoms with E-state index in [1.165, 1.54) is 16.5 Å². The topological polar surface area (TPSA) is 93.8 Å². The van der Waals surface area contributed by atoms with Crippen molar-refractivity contribution in [1.29, 1.82) is 0 Å². The normalized spacial score (nSPS) is 12.2. The first-order valence-electron chi connectivity index (χ1n) is 7.87. The van der Waals surface area contributed by atoms with Gasteiger partial charge in [0.2, 0.25) is 5.91 Å². The molecule has 0 spiro atoms. The smallest absolute Gasteiger partial charge is 0.230 e. The van der Waals surface area contributed by atoms with E-state index in [9.17, 15) is 4.79 Å². The van der Waals surface area contributed by atoms with Crippen molar-refractivity contribution in [2.45, 2.75) is 24.9 Å². The lowest BCUT2D eigenvalue weighted by Crippen LogP contribution is -2.29. The van der Waals surface area contributed by atoms with E-state index >= 15 is 0 Å². The molecule has 3 N–H and O–H groups in total. The van der Waals surface area contributed by atoms with Gasteiger partial charge >= 0.3 is 0 Å². The number of rotatable bonds is 6. The first-order chi connectivity index (χ1) is 12.0. The molecule has 1 atom stereocenters. The van der Waals surface area contributed by atoms with E-state index in [2.05, 4.69) is 33.3 Å². The first kappa shape index (κ1) is 17.6. The summed E-state index contributed by atoms with van der Waals surface area (Å²) in [5, 5.41) is 4.50. The number of thiazole rings is 1. The van der Waals surface area contributed by atoms with Crippen LogP contribution in [-0.4, -0.2) is 33.2 Å². The quantitative estimate of drug-likeness (QED) is 0.510. The molecule has 6 nitrogen and oxygen atoms in total. The van der Waals surface area contributed by atoms with Crippen molar-refractivity contribution < 1.29 is 4.79 Å². The number of hydrogen-bond donors (Lipinski definition) is 2. The van der Waals surface area contributed by atoms with E-state index in [4.69, 9.17) is 5.73 Å². The Balaban J connectivity index is 1.51. The molecule has 0 saturated heterocycles. The van der Waals surface area contributed by atoms with E-state index in [1.807, 2.05) is 25.1 Å². The standard InChI is InChI=1S/C17H19N5OS2/c1-10(16-21-12-5-3-4-6-13(12)25-16)8-19-15(23)9-24-17-20-11(2)7-14(18)22-17/h3-7,10H,8-9H2,1-2H3,(H,19,23)(H2,18,20,22). The van der Waals surface area contributed by atoms with E-state index in [0.717, 1.165) is 16.2 Å². The van der Waals surface area contributed by atoms with Crippen LogP contribution in [0.4, 0.5) is 5.82 Å². The fourth-order valence-corrected chi connectivity index (χ4v) is 4.03. The molecule has 0 fully saturated rings. The first-order valence-corrected chi connectivity index (χ1v) is 9.67. The lowest BCUT2D eigenvalue weighted by molar-refractivity contribution is -0.118. The summed E-state index contributed by atoms with van der Waals surface area (Å²) in [4.78, 5) is 25.1. The van der Waals surface area contributed by atoms with Gasteiger partial charge in [0.05, 0.1) is 21.0 Å². The molecule has 0 aliphatic rings. The number of thioether (sulfide) groups is 1. The highest BCUT2D eigenvalue weighted by molar-refractivity contribution is 7.99. The minimum absolute atomic E-state index is 0.0540. The molecular formula is C17H19N5OS2. The molecule has 3 aromatic rings. The SMILES string of the molecule is Cc1cc(N)nc(SCC(=O)NCC(C)c2nc3ccccc3s2)n1. The lowest BCUT2D eigenvalue weighted by atomic mass is 10.2. The molecule has 8 heteroatoms. The molecule has 3 rings (SSSR count). The van der Waals surface area contributed by atoms with Crippen LogP contribution in [0.25, 0.3) is 10.2 Å². The molecule has 0 aliphatic carbocycles. The van der Waals surface area contributed by atoms with Gasteiger partial charge in [-0.05, 0) is 19.1 Å². The van der Waals surface area contributed by atoms with Crippen LogP contribution in [0.3, 0.4) is 0 Å². The summed E-state index contributed by atoms with van der Waals surface area (Å²) in [7, 11) is 0.